The van der Waals surface area contributed by atoms with E-state index in [0.717, 1.165) is 11.2 Å². The monoisotopic (exact) mass is 349 g/mol. The summed E-state index contributed by atoms with van der Waals surface area (Å²) in [7, 11) is 0. The maximum absolute atomic E-state index is 6.14. The summed E-state index contributed by atoms with van der Waals surface area (Å²) in [5.74, 6) is 0.309. The van der Waals surface area contributed by atoms with Gasteiger partial charge in [-0.05, 0) is 36.8 Å². The van der Waals surface area contributed by atoms with Crippen molar-refractivity contribution in [2.75, 3.05) is 0 Å². The molecule has 0 fully saturated rings. The SMILES string of the molecule is C/C=C\c1c2n(c3ccccc13)-c1ccc3oc4ccccc4c3c1C2C. The van der Waals surface area contributed by atoms with Crippen molar-refractivity contribution in [3.8, 4) is 5.69 Å². The molecule has 27 heavy (non-hydrogen) atoms. The largest absolute Gasteiger partial charge is 0.456 e. The van der Waals surface area contributed by atoms with Gasteiger partial charge in [-0.2, -0.15) is 0 Å². The standard InChI is InChI=1S/C25H19NO/c1-3-8-17-16-9-4-6-11-19(16)26-20-13-14-22-24(23(20)15(2)25(17)26)18-10-5-7-12-21(18)27-22/h3-15H,1-2H3/b8-3-. The minimum absolute atomic E-state index is 0.309. The Kier molecular flexibility index (Phi) is 2.83. The number of furan rings is 1. The molecule has 0 amide bonds. The lowest BCUT2D eigenvalue weighted by Gasteiger charge is -2.08. The number of hydrogen-bond donors (Lipinski definition) is 0. The molecule has 3 aromatic carbocycles. The summed E-state index contributed by atoms with van der Waals surface area (Å²) in [5.41, 5.74) is 8.58. The highest BCUT2D eigenvalue weighted by molar-refractivity contribution is 6.09. The Bertz CT molecular complexity index is 1400. The lowest BCUT2D eigenvalue weighted by Crippen LogP contribution is -1.93. The highest BCUT2D eigenvalue weighted by Crippen LogP contribution is 2.49. The quantitative estimate of drug-likeness (QED) is 0.318. The van der Waals surface area contributed by atoms with Crippen LogP contribution in [0.1, 0.15) is 36.6 Å². The Morgan fingerprint density at radius 2 is 1.67 bits per heavy atom. The van der Waals surface area contributed by atoms with Crippen LogP contribution in [0.3, 0.4) is 0 Å². The first-order chi connectivity index (χ1) is 13.3. The average molecular weight is 349 g/mol. The molecule has 0 saturated heterocycles. The zero-order valence-electron chi connectivity index (χ0n) is 15.4. The summed E-state index contributed by atoms with van der Waals surface area (Å²) >= 11 is 0. The van der Waals surface area contributed by atoms with Gasteiger partial charge in [0.15, 0.2) is 0 Å². The normalized spacial score (nSPS) is 16.0. The van der Waals surface area contributed by atoms with Crippen LogP contribution in [-0.2, 0) is 0 Å². The van der Waals surface area contributed by atoms with Crippen LogP contribution in [0, 0.1) is 0 Å². The first-order valence-corrected chi connectivity index (χ1v) is 9.50. The van der Waals surface area contributed by atoms with E-state index in [1.165, 1.54) is 44.2 Å². The second kappa shape index (κ2) is 5.14. The topological polar surface area (TPSA) is 18.1 Å². The Morgan fingerprint density at radius 3 is 2.52 bits per heavy atom. The average Bonchev–Trinajstić information content (AvgIpc) is 3.32. The van der Waals surface area contributed by atoms with Crippen molar-refractivity contribution >= 4 is 38.9 Å². The van der Waals surface area contributed by atoms with E-state index in [-0.39, 0.29) is 0 Å². The maximum Gasteiger partial charge on any atom is 0.135 e. The van der Waals surface area contributed by atoms with Crippen molar-refractivity contribution in [3.63, 3.8) is 0 Å². The first kappa shape index (κ1) is 14.9. The molecule has 1 aliphatic rings. The molecule has 0 radical (unpaired) electrons. The van der Waals surface area contributed by atoms with Crippen molar-refractivity contribution in [3.05, 3.63) is 83.6 Å². The molecule has 2 aromatic heterocycles. The molecule has 0 saturated carbocycles. The summed E-state index contributed by atoms with van der Waals surface area (Å²) in [5, 5.41) is 3.79. The Morgan fingerprint density at radius 1 is 0.889 bits per heavy atom. The molecular formula is C25H19NO. The summed E-state index contributed by atoms with van der Waals surface area (Å²) < 4.78 is 8.59. The maximum atomic E-state index is 6.14. The summed E-state index contributed by atoms with van der Waals surface area (Å²) in [6, 6.07) is 21.4. The third-order valence-electron chi connectivity index (χ3n) is 5.93. The van der Waals surface area contributed by atoms with E-state index in [4.69, 9.17) is 4.42 Å². The molecule has 2 nitrogen and oxygen atoms in total. The molecule has 1 atom stereocenters. The number of fused-ring (bicyclic) bond motifs is 9. The number of benzene rings is 3. The number of aromatic nitrogens is 1. The Labute approximate surface area is 157 Å². The first-order valence-electron chi connectivity index (χ1n) is 9.50. The highest BCUT2D eigenvalue weighted by Gasteiger charge is 2.33. The predicted molar refractivity (Wildman–Crippen MR) is 113 cm³/mol. The van der Waals surface area contributed by atoms with Gasteiger partial charge in [0.05, 0.1) is 11.2 Å². The van der Waals surface area contributed by atoms with Crippen molar-refractivity contribution in [1.29, 1.82) is 0 Å². The van der Waals surface area contributed by atoms with Gasteiger partial charge < -0.3 is 8.98 Å². The van der Waals surface area contributed by atoms with E-state index >= 15 is 0 Å². The minimum atomic E-state index is 0.309. The molecule has 6 rings (SSSR count). The smallest absolute Gasteiger partial charge is 0.135 e. The van der Waals surface area contributed by atoms with Gasteiger partial charge in [-0.3, -0.25) is 0 Å². The third kappa shape index (κ3) is 1.75. The van der Waals surface area contributed by atoms with Crippen LogP contribution in [0.5, 0.6) is 0 Å². The van der Waals surface area contributed by atoms with Gasteiger partial charge in [-0.1, -0.05) is 55.5 Å². The fourth-order valence-electron chi connectivity index (χ4n) is 4.91. The van der Waals surface area contributed by atoms with Crippen LogP contribution in [0.2, 0.25) is 0 Å². The number of allylic oxidation sites excluding steroid dienone is 1. The van der Waals surface area contributed by atoms with Crippen molar-refractivity contribution < 1.29 is 4.42 Å². The van der Waals surface area contributed by atoms with E-state index in [2.05, 4.69) is 85.2 Å². The predicted octanol–water partition coefficient (Wildman–Crippen LogP) is 7.03. The van der Waals surface area contributed by atoms with E-state index in [9.17, 15) is 0 Å². The number of nitrogens with zero attached hydrogens (tertiary/aromatic N) is 1. The summed E-state index contributed by atoms with van der Waals surface area (Å²) in [4.78, 5) is 0. The molecular weight excluding hydrogens is 330 g/mol. The van der Waals surface area contributed by atoms with Gasteiger partial charge in [0, 0.05) is 33.3 Å². The summed E-state index contributed by atoms with van der Waals surface area (Å²) in [6.07, 6.45) is 4.39. The fraction of sp³-hybridized carbons (Fsp3) is 0.120. The summed E-state index contributed by atoms with van der Waals surface area (Å²) in [6.45, 7) is 4.41. The number of para-hydroxylation sites is 2. The molecule has 130 valence electrons. The van der Waals surface area contributed by atoms with Gasteiger partial charge in [0.1, 0.15) is 11.2 Å². The fourth-order valence-corrected chi connectivity index (χ4v) is 4.91. The molecule has 0 spiro atoms. The second-order valence-corrected chi connectivity index (χ2v) is 7.34. The second-order valence-electron chi connectivity index (χ2n) is 7.34. The molecule has 0 bridgehead atoms. The van der Waals surface area contributed by atoms with Gasteiger partial charge in [0.2, 0.25) is 0 Å². The highest BCUT2D eigenvalue weighted by atomic mass is 16.3. The van der Waals surface area contributed by atoms with Gasteiger partial charge >= 0.3 is 0 Å². The van der Waals surface area contributed by atoms with E-state index < -0.39 is 0 Å². The molecule has 0 N–H and O–H groups in total. The van der Waals surface area contributed by atoms with Crippen LogP contribution in [0.15, 0.2) is 71.2 Å². The van der Waals surface area contributed by atoms with Crippen molar-refractivity contribution in [1.82, 2.24) is 4.57 Å². The van der Waals surface area contributed by atoms with Crippen LogP contribution in [0.25, 0.3) is 44.6 Å². The Hall–Kier alpha value is -3.26. The molecule has 0 aliphatic carbocycles. The zero-order valence-corrected chi connectivity index (χ0v) is 15.4. The van der Waals surface area contributed by atoms with Gasteiger partial charge in [-0.15, -0.1) is 0 Å². The zero-order chi connectivity index (χ0) is 18.1. The van der Waals surface area contributed by atoms with E-state index in [1.54, 1.807) is 0 Å². The van der Waals surface area contributed by atoms with Crippen LogP contribution in [-0.4, -0.2) is 4.57 Å². The van der Waals surface area contributed by atoms with Gasteiger partial charge in [-0.25, -0.2) is 0 Å². The van der Waals surface area contributed by atoms with Crippen LogP contribution < -0.4 is 0 Å². The molecule has 1 unspecified atom stereocenters. The minimum Gasteiger partial charge on any atom is -0.456 e. The molecule has 2 heteroatoms. The lowest BCUT2D eigenvalue weighted by atomic mass is 9.92. The number of hydrogen-bond acceptors (Lipinski definition) is 1. The van der Waals surface area contributed by atoms with E-state index in [1.807, 2.05) is 6.07 Å². The van der Waals surface area contributed by atoms with Crippen molar-refractivity contribution in [2.45, 2.75) is 19.8 Å². The van der Waals surface area contributed by atoms with Gasteiger partial charge in [0.25, 0.3) is 0 Å². The molecule has 1 aliphatic heterocycles. The molecule has 5 aromatic rings. The number of rotatable bonds is 1. The third-order valence-corrected chi connectivity index (χ3v) is 5.93. The van der Waals surface area contributed by atoms with E-state index in [0.29, 0.717) is 5.92 Å². The Balaban J connectivity index is 1.81. The van der Waals surface area contributed by atoms with Crippen LogP contribution in [0.4, 0.5) is 0 Å². The van der Waals surface area contributed by atoms with Crippen molar-refractivity contribution in [2.24, 2.45) is 0 Å². The van der Waals surface area contributed by atoms with Crippen LogP contribution >= 0.6 is 0 Å². The molecule has 3 heterocycles. The lowest BCUT2D eigenvalue weighted by molar-refractivity contribution is 0.668.